The fourth-order valence-corrected chi connectivity index (χ4v) is 2.36. The molecule has 20 heavy (non-hydrogen) atoms. The molecule has 4 nitrogen and oxygen atoms in total. The van der Waals surface area contributed by atoms with Crippen molar-refractivity contribution in [1.29, 1.82) is 5.26 Å². The molecule has 104 valence electrons. The molecule has 0 amide bonds. The second-order valence-electron chi connectivity index (χ2n) is 5.40. The van der Waals surface area contributed by atoms with E-state index in [9.17, 15) is 5.26 Å². The minimum absolute atomic E-state index is 0.200. The van der Waals surface area contributed by atoms with Crippen LogP contribution in [0.1, 0.15) is 25.0 Å². The number of rotatable bonds is 5. The van der Waals surface area contributed by atoms with Crippen LogP contribution in [0.15, 0.2) is 42.7 Å². The number of nitrogens with zero attached hydrogens (tertiary/aromatic N) is 3. The van der Waals surface area contributed by atoms with Crippen molar-refractivity contribution < 1.29 is 0 Å². The summed E-state index contributed by atoms with van der Waals surface area (Å²) < 4.78 is 1.82. The van der Waals surface area contributed by atoms with Crippen molar-refractivity contribution >= 4 is 0 Å². The third-order valence-corrected chi connectivity index (χ3v) is 3.15. The highest BCUT2D eigenvalue weighted by atomic mass is 15.3. The van der Waals surface area contributed by atoms with E-state index in [-0.39, 0.29) is 6.04 Å². The van der Waals surface area contributed by atoms with Crippen LogP contribution in [0, 0.1) is 18.3 Å². The van der Waals surface area contributed by atoms with Crippen LogP contribution in [0.25, 0.3) is 0 Å². The number of hydrogen-bond acceptors (Lipinski definition) is 3. The second-order valence-corrected chi connectivity index (χ2v) is 5.40. The van der Waals surface area contributed by atoms with Crippen molar-refractivity contribution in [1.82, 2.24) is 15.1 Å². The van der Waals surface area contributed by atoms with Crippen LogP contribution < -0.4 is 5.32 Å². The monoisotopic (exact) mass is 268 g/mol. The van der Waals surface area contributed by atoms with E-state index in [0.29, 0.717) is 6.54 Å². The molecule has 0 radical (unpaired) electrons. The number of nitriles is 1. The van der Waals surface area contributed by atoms with Gasteiger partial charge >= 0.3 is 0 Å². The lowest BCUT2D eigenvalue weighted by Crippen LogP contribution is -2.48. The Balaban J connectivity index is 2.40. The van der Waals surface area contributed by atoms with Crippen LogP contribution in [0.4, 0.5) is 0 Å². The van der Waals surface area contributed by atoms with Crippen LogP contribution in [0.3, 0.4) is 0 Å². The summed E-state index contributed by atoms with van der Waals surface area (Å²) >= 11 is 0. The molecule has 0 saturated heterocycles. The van der Waals surface area contributed by atoms with E-state index in [4.69, 9.17) is 0 Å². The number of aromatic nitrogens is 2. The average molecular weight is 268 g/mol. The Morgan fingerprint density at radius 1 is 1.35 bits per heavy atom. The summed E-state index contributed by atoms with van der Waals surface area (Å²) in [7, 11) is 0. The molecule has 0 aliphatic heterocycles. The Hall–Kier alpha value is -2.12. The molecule has 0 bridgehead atoms. The van der Waals surface area contributed by atoms with Crippen LogP contribution in [-0.2, 0) is 12.1 Å². The van der Waals surface area contributed by atoms with Crippen molar-refractivity contribution in [2.24, 2.45) is 0 Å². The molecule has 0 saturated carbocycles. The molecular formula is C16H20N4. The van der Waals surface area contributed by atoms with Gasteiger partial charge in [-0.25, -0.2) is 0 Å². The molecule has 1 unspecified atom stereocenters. The van der Waals surface area contributed by atoms with Gasteiger partial charge in [-0.3, -0.25) is 10.00 Å². The van der Waals surface area contributed by atoms with Crippen molar-refractivity contribution in [2.45, 2.75) is 38.9 Å². The topological polar surface area (TPSA) is 53.6 Å². The first-order valence-electron chi connectivity index (χ1n) is 6.79. The molecule has 1 atom stereocenters. The zero-order valence-corrected chi connectivity index (χ0v) is 12.2. The summed E-state index contributed by atoms with van der Waals surface area (Å²) in [6, 6.07) is 12.5. The van der Waals surface area contributed by atoms with Crippen LogP contribution in [0.2, 0.25) is 0 Å². The molecule has 0 aliphatic rings. The smallest absolute Gasteiger partial charge is 0.152 e. The van der Waals surface area contributed by atoms with Gasteiger partial charge in [0.2, 0.25) is 0 Å². The van der Waals surface area contributed by atoms with Gasteiger partial charge in [-0.2, -0.15) is 10.4 Å². The molecule has 0 aliphatic carbocycles. The fourth-order valence-electron chi connectivity index (χ4n) is 2.36. The summed E-state index contributed by atoms with van der Waals surface area (Å²) in [4.78, 5) is 0. The summed E-state index contributed by atoms with van der Waals surface area (Å²) in [6.07, 6.45) is 3.76. The SMILES string of the molecule is Cc1cnn(CC(C#N)(NC(C)C)c2ccccc2)c1. The minimum Gasteiger partial charge on any atom is -0.292 e. The van der Waals surface area contributed by atoms with E-state index in [1.165, 1.54) is 0 Å². The second kappa shape index (κ2) is 5.89. The zero-order chi connectivity index (χ0) is 14.6. The van der Waals surface area contributed by atoms with Crippen molar-refractivity contribution in [3.05, 3.63) is 53.9 Å². The largest absolute Gasteiger partial charge is 0.292 e. The molecule has 0 fully saturated rings. The molecule has 2 aromatic rings. The van der Waals surface area contributed by atoms with Crippen LogP contribution in [0.5, 0.6) is 0 Å². The third-order valence-electron chi connectivity index (χ3n) is 3.15. The van der Waals surface area contributed by atoms with Crippen LogP contribution >= 0.6 is 0 Å². The Kier molecular flexibility index (Phi) is 4.21. The number of aryl methyl sites for hydroxylation is 1. The van der Waals surface area contributed by atoms with E-state index >= 15 is 0 Å². The van der Waals surface area contributed by atoms with Crippen molar-refractivity contribution in [3.63, 3.8) is 0 Å². The lowest BCUT2D eigenvalue weighted by atomic mass is 9.90. The summed E-state index contributed by atoms with van der Waals surface area (Å²) in [6.45, 7) is 6.57. The maximum Gasteiger partial charge on any atom is 0.152 e. The average Bonchev–Trinajstić information content (AvgIpc) is 2.83. The van der Waals surface area contributed by atoms with E-state index in [1.807, 2.05) is 68.2 Å². The van der Waals surface area contributed by atoms with E-state index in [0.717, 1.165) is 11.1 Å². The Morgan fingerprint density at radius 3 is 2.55 bits per heavy atom. The van der Waals surface area contributed by atoms with Gasteiger partial charge in [0.1, 0.15) is 0 Å². The molecule has 1 N–H and O–H groups in total. The highest BCUT2D eigenvalue weighted by Gasteiger charge is 2.33. The number of benzene rings is 1. The minimum atomic E-state index is -0.770. The van der Waals surface area contributed by atoms with E-state index < -0.39 is 5.54 Å². The van der Waals surface area contributed by atoms with Gasteiger partial charge in [-0.05, 0) is 31.9 Å². The predicted octanol–water partition coefficient (Wildman–Crippen LogP) is 2.61. The maximum absolute atomic E-state index is 9.79. The van der Waals surface area contributed by atoms with Gasteiger partial charge in [-0.1, -0.05) is 30.3 Å². The van der Waals surface area contributed by atoms with Crippen molar-refractivity contribution in [2.75, 3.05) is 0 Å². The van der Waals surface area contributed by atoms with Gasteiger partial charge in [0.05, 0.1) is 18.8 Å². The lowest BCUT2D eigenvalue weighted by Gasteiger charge is -2.30. The molecular weight excluding hydrogens is 248 g/mol. The number of nitrogens with one attached hydrogen (secondary N) is 1. The molecule has 2 rings (SSSR count). The quantitative estimate of drug-likeness (QED) is 0.907. The van der Waals surface area contributed by atoms with Gasteiger partial charge in [0, 0.05) is 12.2 Å². The normalized spacial score (nSPS) is 13.9. The first-order chi connectivity index (χ1) is 9.55. The van der Waals surface area contributed by atoms with Crippen molar-refractivity contribution in [3.8, 4) is 6.07 Å². The molecule has 1 aromatic heterocycles. The Bertz CT molecular complexity index is 594. The number of hydrogen-bond donors (Lipinski definition) is 1. The fraction of sp³-hybridized carbons (Fsp3) is 0.375. The molecule has 1 heterocycles. The zero-order valence-electron chi connectivity index (χ0n) is 12.2. The molecule has 0 spiro atoms. The Labute approximate surface area is 120 Å². The van der Waals surface area contributed by atoms with E-state index in [1.54, 1.807) is 0 Å². The van der Waals surface area contributed by atoms with Gasteiger partial charge in [0.15, 0.2) is 5.54 Å². The highest BCUT2D eigenvalue weighted by Crippen LogP contribution is 2.23. The maximum atomic E-state index is 9.79. The first kappa shape index (κ1) is 14.3. The molecule has 4 heteroatoms. The van der Waals surface area contributed by atoms with E-state index in [2.05, 4.69) is 16.5 Å². The standard InChI is InChI=1S/C16H20N4/c1-13(2)19-16(11-17,15-7-5-4-6-8-15)12-20-10-14(3)9-18-20/h4-10,13,19H,12H2,1-3H3. The summed E-state index contributed by atoms with van der Waals surface area (Å²) in [5.74, 6) is 0. The van der Waals surface area contributed by atoms with Gasteiger partial charge < -0.3 is 0 Å². The van der Waals surface area contributed by atoms with Gasteiger partial charge in [-0.15, -0.1) is 0 Å². The van der Waals surface area contributed by atoms with Gasteiger partial charge in [0.25, 0.3) is 0 Å². The summed E-state index contributed by atoms with van der Waals surface area (Å²) in [5, 5.41) is 17.5. The molecule has 1 aromatic carbocycles. The Morgan fingerprint density at radius 2 is 2.05 bits per heavy atom. The highest BCUT2D eigenvalue weighted by molar-refractivity contribution is 5.31. The summed E-state index contributed by atoms with van der Waals surface area (Å²) in [5.41, 5.74) is 1.28. The predicted molar refractivity (Wildman–Crippen MR) is 79.0 cm³/mol. The van der Waals surface area contributed by atoms with Crippen LogP contribution in [-0.4, -0.2) is 15.8 Å². The lowest BCUT2D eigenvalue weighted by molar-refractivity contribution is 0.325. The first-order valence-corrected chi connectivity index (χ1v) is 6.79. The third kappa shape index (κ3) is 3.06.